The average Bonchev–Trinajstić information content (AvgIpc) is 2.67. The van der Waals surface area contributed by atoms with Crippen LogP contribution in [0.2, 0.25) is 0 Å². The standard InChI is InChI=1S/C22H25F2N3O4S/c1-22(2,3)26-19(28)12-27(18-7-5-4-6-17(18)24)21(30)14-32(31)13-20(29)25-16-10-8-15(23)9-11-16/h4-11H,12-14H2,1-3H3,(H,25,29)(H,26,28)/t32-/m1/s1. The van der Waals surface area contributed by atoms with Crippen LogP contribution in [0.15, 0.2) is 48.5 Å². The van der Waals surface area contributed by atoms with Crippen molar-refractivity contribution in [2.45, 2.75) is 26.3 Å². The Balaban J connectivity index is 2.07. The van der Waals surface area contributed by atoms with E-state index in [1.54, 1.807) is 20.8 Å². The van der Waals surface area contributed by atoms with Crippen LogP contribution in [0.5, 0.6) is 0 Å². The van der Waals surface area contributed by atoms with Crippen molar-refractivity contribution in [3.63, 3.8) is 0 Å². The molecule has 0 saturated carbocycles. The summed E-state index contributed by atoms with van der Waals surface area (Å²) in [6, 6.07) is 10.4. The molecule has 3 amide bonds. The molecule has 0 saturated heterocycles. The van der Waals surface area contributed by atoms with Gasteiger partial charge >= 0.3 is 0 Å². The average molecular weight is 466 g/mol. The fourth-order valence-electron chi connectivity index (χ4n) is 2.72. The molecule has 2 aromatic rings. The number of anilines is 2. The van der Waals surface area contributed by atoms with Crippen LogP contribution in [-0.4, -0.2) is 45.5 Å². The van der Waals surface area contributed by atoms with Gasteiger partial charge in [0.1, 0.15) is 29.7 Å². The second-order valence-corrected chi connectivity index (χ2v) is 9.47. The lowest BCUT2D eigenvalue weighted by molar-refractivity contribution is -0.124. The van der Waals surface area contributed by atoms with E-state index in [1.165, 1.54) is 30.3 Å². The van der Waals surface area contributed by atoms with Gasteiger partial charge in [-0.3, -0.25) is 23.5 Å². The molecular weight excluding hydrogens is 440 g/mol. The van der Waals surface area contributed by atoms with E-state index in [0.717, 1.165) is 23.1 Å². The molecule has 0 heterocycles. The lowest BCUT2D eigenvalue weighted by Gasteiger charge is -2.26. The summed E-state index contributed by atoms with van der Waals surface area (Å²) < 4.78 is 39.7. The summed E-state index contributed by atoms with van der Waals surface area (Å²) in [5.74, 6) is -4.20. The first kappa shape index (κ1) is 25.1. The van der Waals surface area contributed by atoms with Crippen molar-refractivity contribution in [2.24, 2.45) is 0 Å². The van der Waals surface area contributed by atoms with Crippen LogP contribution in [0.25, 0.3) is 0 Å². The van der Waals surface area contributed by atoms with E-state index in [9.17, 15) is 27.4 Å². The summed E-state index contributed by atoms with van der Waals surface area (Å²) >= 11 is 0. The summed E-state index contributed by atoms with van der Waals surface area (Å²) in [4.78, 5) is 38.1. The van der Waals surface area contributed by atoms with Crippen molar-refractivity contribution in [2.75, 3.05) is 28.3 Å². The lowest BCUT2D eigenvalue weighted by Crippen LogP contribution is -2.48. The quantitative estimate of drug-likeness (QED) is 0.627. The van der Waals surface area contributed by atoms with Crippen LogP contribution in [0.1, 0.15) is 20.8 Å². The van der Waals surface area contributed by atoms with Crippen molar-refractivity contribution < 1.29 is 27.4 Å². The third-order valence-electron chi connectivity index (χ3n) is 3.96. The lowest BCUT2D eigenvalue weighted by atomic mass is 10.1. The van der Waals surface area contributed by atoms with E-state index >= 15 is 0 Å². The minimum Gasteiger partial charge on any atom is -0.350 e. The Morgan fingerprint density at radius 1 is 0.938 bits per heavy atom. The van der Waals surface area contributed by atoms with Gasteiger partial charge in [-0.25, -0.2) is 8.78 Å². The van der Waals surface area contributed by atoms with Crippen molar-refractivity contribution >= 4 is 39.9 Å². The maximum absolute atomic E-state index is 14.3. The number of hydrogen-bond donors (Lipinski definition) is 2. The van der Waals surface area contributed by atoms with Crippen LogP contribution in [0, 0.1) is 11.6 Å². The number of hydrogen-bond acceptors (Lipinski definition) is 4. The Kier molecular flexibility index (Phi) is 8.59. The summed E-state index contributed by atoms with van der Waals surface area (Å²) in [6.45, 7) is 4.80. The van der Waals surface area contributed by atoms with Crippen LogP contribution in [-0.2, 0) is 25.2 Å². The van der Waals surface area contributed by atoms with E-state index < -0.39 is 63.7 Å². The minimum atomic E-state index is -1.92. The Labute approximate surface area is 187 Å². The molecule has 0 radical (unpaired) electrons. The number of halogens is 2. The SMILES string of the molecule is CC(C)(C)NC(=O)CN(C(=O)C[S@](=O)CC(=O)Nc1ccc(F)cc1)c1ccccc1F. The molecule has 172 valence electrons. The number of benzene rings is 2. The van der Waals surface area contributed by atoms with Gasteiger partial charge in [0.25, 0.3) is 0 Å². The molecule has 0 aromatic heterocycles. The number of amides is 3. The first-order valence-corrected chi connectivity index (χ1v) is 11.2. The minimum absolute atomic E-state index is 0.130. The Hall–Kier alpha value is -3.14. The molecule has 0 bridgehead atoms. The highest BCUT2D eigenvalue weighted by Crippen LogP contribution is 2.19. The number of para-hydroxylation sites is 1. The van der Waals surface area contributed by atoms with Crippen LogP contribution >= 0.6 is 0 Å². The third kappa shape index (κ3) is 8.18. The molecule has 7 nitrogen and oxygen atoms in total. The Morgan fingerprint density at radius 3 is 2.16 bits per heavy atom. The molecule has 10 heteroatoms. The van der Waals surface area contributed by atoms with Crippen molar-refractivity contribution in [1.82, 2.24) is 5.32 Å². The van der Waals surface area contributed by atoms with Crippen LogP contribution in [0.3, 0.4) is 0 Å². The molecule has 2 rings (SSSR count). The molecular formula is C22H25F2N3O4S. The number of carbonyl (C=O) groups excluding carboxylic acids is 3. The summed E-state index contributed by atoms with van der Waals surface area (Å²) in [5.41, 5.74) is -0.386. The van der Waals surface area contributed by atoms with Crippen molar-refractivity contribution in [3.05, 3.63) is 60.2 Å². The normalized spacial score (nSPS) is 12.0. The number of nitrogens with one attached hydrogen (secondary N) is 2. The zero-order valence-electron chi connectivity index (χ0n) is 18.0. The fraction of sp³-hybridized carbons (Fsp3) is 0.318. The zero-order valence-corrected chi connectivity index (χ0v) is 18.8. The molecule has 0 aliphatic carbocycles. The van der Waals surface area contributed by atoms with Gasteiger partial charge in [0.05, 0.1) is 5.69 Å². The molecule has 2 aromatic carbocycles. The first-order valence-electron chi connectivity index (χ1n) is 9.71. The van der Waals surface area contributed by atoms with Gasteiger partial charge in [-0.1, -0.05) is 12.1 Å². The number of nitrogens with zero attached hydrogens (tertiary/aromatic N) is 1. The fourth-order valence-corrected chi connectivity index (χ4v) is 3.62. The predicted octanol–water partition coefficient (Wildman–Crippen LogP) is 2.60. The smallest absolute Gasteiger partial charge is 0.240 e. The third-order valence-corrected chi connectivity index (χ3v) is 5.12. The van der Waals surface area contributed by atoms with Gasteiger partial charge in [-0.15, -0.1) is 0 Å². The highest BCUT2D eigenvalue weighted by atomic mass is 32.2. The van der Waals surface area contributed by atoms with Gasteiger partial charge in [-0.2, -0.15) is 0 Å². The maximum atomic E-state index is 14.3. The topological polar surface area (TPSA) is 95.6 Å². The Bertz CT molecular complexity index is 1010. The molecule has 2 N–H and O–H groups in total. The van der Waals surface area contributed by atoms with Crippen molar-refractivity contribution in [1.29, 1.82) is 0 Å². The maximum Gasteiger partial charge on any atom is 0.240 e. The van der Waals surface area contributed by atoms with Gasteiger partial charge in [0.2, 0.25) is 17.7 Å². The van der Waals surface area contributed by atoms with E-state index in [0.29, 0.717) is 5.69 Å². The zero-order chi connectivity index (χ0) is 23.9. The molecule has 0 fully saturated rings. The Morgan fingerprint density at radius 2 is 1.56 bits per heavy atom. The molecule has 32 heavy (non-hydrogen) atoms. The first-order chi connectivity index (χ1) is 14.9. The molecule has 0 aliphatic heterocycles. The molecule has 0 spiro atoms. The number of carbonyl (C=O) groups is 3. The summed E-state index contributed by atoms with van der Waals surface area (Å²) in [5, 5.41) is 5.14. The summed E-state index contributed by atoms with van der Waals surface area (Å²) in [6.07, 6.45) is 0. The van der Waals surface area contributed by atoms with Crippen LogP contribution in [0.4, 0.5) is 20.2 Å². The van der Waals surface area contributed by atoms with Gasteiger partial charge in [0.15, 0.2) is 0 Å². The largest absolute Gasteiger partial charge is 0.350 e. The van der Waals surface area contributed by atoms with E-state index in [4.69, 9.17) is 0 Å². The van der Waals surface area contributed by atoms with Gasteiger partial charge in [0, 0.05) is 22.0 Å². The molecule has 0 aliphatic rings. The predicted molar refractivity (Wildman–Crippen MR) is 120 cm³/mol. The van der Waals surface area contributed by atoms with E-state index in [-0.39, 0.29) is 5.69 Å². The van der Waals surface area contributed by atoms with E-state index in [1.807, 2.05) is 0 Å². The molecule has 1 atom stereocenters. The van der Waals surface area contributed by atoms with E-state index in [2.05, 4.69) is 10.6 Å². The van der Waals surface area contributed by atoms with Gasteiger partial charge < -0.3 is 10.6 Å². The molecule has 0 unspecified atom stereocenters. The second-order valence-electron chi connectivity index (χ2n) is 8.01. The highest BCUT2D eigenvalue weighted by Gasteiger charge is 2.25. The van der Waals surface area contributed by atoms with Crippen molar-refractivity contribution in [3.8, 4) is 0 Å². The van der Waals surface area contributed by atoms with Gasteiger partial charge in [-0.05, 0) is 57.2 Å². The van der Waals surface area contributed by atoms with Crippen LogP contribution < -0.4 is 15.5 Å². The second kappa shape index (κ2) is 10.9. The monoisotopic (exact) mass is 465 g/mol. The summed E-state index contributed by atoms with van der Waals surface area (Å²) in [7, 11) is -1.92. The number of rotatable bonds is 8. The highest BCUT2D eigenvalue weighted by molar-refractivity contribution is 7.86.